The first-order valence-electron chi connectivity index (χ1n) is 6.33. The molecule has 0 aliphatic heterocycles. The maximum absolute atomic E-state index is 11.8. The van der Waals surface area contributed by atoms with Crippen molar-refractivity contribution in [2.45, 2.75) is 39.3 Å². The van der Waals surface area contributed by atoms with Gasteiger partial charge in [-0.15, -0.1) is 0 Å². The van der Waals surface area contributed by atoms with Crippen molar-refractivity contribution in [3.05, 3.63) is 18.0 Å². The van der Waals surface area contributed by atoms with Gasteiger partial charge in [0, 0.05) is 19.3 Å². The largest absolute Gasteiger partial charge is 0.468 e. The molecule has 3 atom stereocenters. The lowest BCUT2D eigenvalue weighted by atomic mass is 9.98. The monoisotopic (exact) mass is 253 g/mol. The number of ether oxygens (including phenoxy) is 1. The number of nitrogens with zero attached hydrogens (tertiary/aromatic N) is 2. The first-order valence-corrected chi connectivity index (χ1v) is 6.33. The first kappa shape index (κ1) is 14.7. The van der Waals surface area contributed by atoms with Crippen LogP contribution in [0.2, 0.25) is 0 Å². The van der Waals surface area contributed by atoms with E-state index in [4.69, 9.17) is 4.74 Å². The molecule has 0 spiro atoms. The molecular weight excluding hydrogens is 230 g/mol. The van der Waals surface area contributed by atoms with Crippen LogP contribution in [0.25, 0.3) is 0 Å². The van der Waals surface area contributed by atoms with Crippen LogP contribution in [0, 0.1) is 5.92 Å². The molecule has 1 rings (SSSR count). The fourth-order valence-corrected chi connectivity index (χ4v) is 1.99. The summed E-state index contributed by atoms with van der Waals surface area (Å²) in [6.07, 6.45) is 2.68. The minimum Gasteiger partial charge on any atom is -0.468 e. The molecule has 5 heteroatoms. The molecule has 0 bridgehead atoms. The highest BCUT2D eigenvalue weighted by Gasteiger charge is 2.27. The summed E-state index contributed by atoms with van der Waals surface area (Å²) in [7, 11) is 3.32. The molecule has 1 aromatic rings. The summed E-state index contributed by atoms with van der Waals surface area (Å²) in [5.74, 6) is 0.0199. The number of hydrogen-bond acceptors (Lipinski definition) is 4. The molecule has 0 aliphatic rings. The van der Waals surface area contributed by atoms with Crippen LogP contribution in [0.3, 0.4) is 0 Å². The molecule has 0 aromatic carbocycles. The zero-order chi connectivity index (χ0) is 13.7. The molecule has 102 valence electrons. The molecule has 0 fully saturated rings. The van der Waals surface area contributed by atoms with Crippen LogP contribution in [-0.2, 0) is 16.6 Å². The maximum atomic E-state index is 11.8. The van der Waals surface area contributed by atoms with Gasteiger partial charge in [0.15, 0.2) is 0 Å². The van der Waals surface area contributed by atoms with Crippen molar-refractivity contribution in [1.29, 1.82) is 0 Å². The smallest absolute Gasteiger partial charge is 0.323 e. The van der Waals surface area contributed by atoms with Crippen molar-refractivity contribution in [3.63, 3.8) is 0 Å². The zero-order valence-electron chi connectivity index (χ0n) is 11.8. The van der Waals surface area contributed by atoms with Gasteiger partial charge in [0.25, 0.3) is 0 Å². The third-order valence-corrected chi connectivity index (χ3v) is 3.40. The molecule has 1 aromatic heterocycles. The number of hydrogen-bond donors (Lipinski definition) is 1. The van der Waals surface area contributed by atoms with E-state index in [-0.39, 0.29) is 24.0 Å². The number of esters is 1. The first-order chi connectivity index (χ1) is 8.51. The number of rotatable bonds is 6. The quantitative estimate of drug-likeness (QED) is 0.783. The van der Waals surface area contributed by atoms with Gasteiger partial charge in [-0.2, -0.15) is 5.10 Å². The van der Waals surface area contributed by atoms with Crippen LogP contribution in [0.4, 0.5) is 0 Å². The average molecular weight is 253 g/mol. The summed E-state index contributed by atoms with van der Waals surface area (Å²) < 4.78 is 6.67. The summed E-state index contributed by atoms with van der Waals surface area (Å²) in [5.41, 5.74) is 1.05. The summed E-state index contributed by atoms with van der Waals surface area (Å²) in [4.78, 5) is 11.8. The summed E-state index contributed by atoms with van der Waals surface area (Å²) in [5, 5.41) is 7.46. The molecule has 3 unspecified atom stereocenters. The maximum Gasteiger partial charge on any atom is 0.323 e. The summed E-state index contributed by atoms with van der Waals surface area (Å²) >= 11 is 0. The second-order valence-electron chi connectivity index (χ2n) is 4.65. The van der Waals surface area contributed by atoms with Gasteiger partial charge in [-0.25, -0.2) is 0 Å². The Balaban J connectivity index is 2.78. The second-order valence-corrected chi connectivity index (χ2v) is 4.65. The van der Waals surface area contributed by atoms with Gasteiger partial charge in [0.05, 0.1) is 12.8 Å². The van der Waals surface area contributed by atoms with Crippen molar-refractivity contribution in [1.82, 2.24) is 15.1 Å². The number of methoxy groups -OCH3 is 1. The van der Waals surface area contributed by atoms with E-state index in [1.165, 1.54) is 7.11 Å². The van der Waals surface area contributed by atoms with Crippen molar-refractivity contribution >= 4 is 5.97 Å². The average Bonchev–Trinajstić information content (AvgIpc) is 2.80. The Morgan fingerprint density at radius 1 is 1.56 bits per heavy atom. The molecule has 0 saturated heterocycles. The SMILES string of the molecule is CCC(C)C(NC(C)c1ccnn1C)C(=O)OC. The summed E-state index contributed by atoms with van der Waals surface area (Å²) in [6, 6.07) is 1.71. The van der Waals surface area contributed by atoms with E-state index in [2.05, 4.69) is 17.3 Å². The minimum atomic E-state index is -0.287. The van der Waals surface area contributed by atoms with Crippen molar-refractivity contribution in [2.24, 2.45) is 13.0 Å². The number of carbonyl (C=O) groups is 1. The normalized spacial score (nSPS) is 16.1. The molecule has 0 amide bonds. The Labute approximate surface area is 109 Å². The van der Waals surface area contributed by atoms with Crippen LogP contribution in [0.15, 0.2) is 12.3 Å². The fraction of sp³-hybridized carbons (Fsp3) is 0.692. The van der Waals surface area contributed by atoms with E-state index in [1.54, 1.807) is 6.20 Å². The zero-order valence-corrected chi connectivity index (χ0v) is 11.8. The third kappa shape index (κ3) is 3.32. The highest BCUT2D eigenvalue weighted by molar-refractivity contribution is 5.76. The van der Waals surface area contributed by atoms with Gasteiger partial charge >= 0.3 is 5.97 Å². The molecule has 18 heavy (non-hydrogen) atoms. The van der Waals surface area contributed by atoms with Crippen LogP contribution in [0.1, 0.15) is 38.9 Å². The number of aryl methyl sites for hydroxylation is 1. The topological polar surface area (TPSA) is 56.2 Å². The highest BCUT2D eigenvalue weighted by atomic mass is 16.5. The molecule has 1 heterocycles. The molecule has 0 aliphatic carbocycles. The predicted molar refractivity (Wildman–Crippen MR) is 70.0 cm³/mol. The van der Waals surface area contributed by atoms with E-state index < -0.39 is 0 Å². The fourth-order valence-electron chi connectivity index (χ4n) is 1.99. The van der Waals surface area contributed by atoms with Crippen molar-refractivity contribution in [2.75, 3.05) is 7.11 Å². The standard InChI is InChI=1S/C13H23N3O2/c1-6-9(2)12(13(17)18-5)15-10(3)11-7-8-14-16(11)4/h7-10,12,15H,6H2,1-5H3. The van der Waals surface area contributed by atoms with Gasteiger partial charge in [-0.05, 0) is 18.9 Å². The number of aromatic nitrogens is 2. The van der Waals surface area contributed by atoms with Gasteiger partial charge in [0.2, 0.25) is 0 Å². The van der Waals surface area contributed by atoms with Gasteiger partial charge in [0.1, 0.15) is 6.04 Å². The third-order valence-electron chi connectivity index (χ3n) is 3.40. The van der Waals surface area contributed by atoms with Gasteiger partial charge in [-0.3, -0.25) is 14.8 Å². The van der Waals surface area contributed by atoms with Crippen molar-refractivity contribution < 1.29 is 9.53 Å². The van der Waals surface area contributed by atoms with E-state index in [1.807, 2.05) is 31.6 Å². The Morgan fingerprint density at radius 2 is 2.22 bits per heavy atom. The predicted octanol–water partition coefficient (Wildman–Crippen LogP) is 1.66. The Hall–Kier alpha value is -1.36. The Bertz CT molecular complexity index is 389. The molecular formula is C13H23N3O2. The Kier molecular flexibility index (Phi) is 5.34. The van der Waals surface area contributed by atoms with E-state index in [9.17, 15) is 4.79 Å². The second kappa shape index (κ2) is 6.54. The van der Waals surface area contributed by atoms with E-state index in [0.717, 1.165) is 12.1 Å². The van der Waals surface area contributed by atoms with E-state index >= 15 is 0 Å². The minimum absolute atomic E-state index is 0.0515. The van der Waals surface area contributed by atoms with Gasteiger partial charge in [-0.1, -0.05) is 20.3 Å². The lowest BCUT2D eigenvalue weighted by Gasteiger charge is -2.25. The number of carbonyl (C=O) groups excluding carboxylic acids is 1. The molecule has 1 N–H and O–H groups in total. The lowest BCUT2D eigenvalue weighted by Crippen LogP contribution is -2.44. The summed E-state index contributed by atoms with van der Waals surface area (Å²) in [6.45, 7) is 6.14. The van der Waals surface area contributed by atoms with Crippen LogP contribution in [-0.4, -0.2) is 28.9 Å². The van der Waals surface area contributed by atoms with Crippen LogP contribution in [0.5, 0.6) is 0 Å². The highest BCUT2D eigenvalue weighted by Crippen LogP contribution is 2.16. The molecule has 0 saturated carbocycles. The van der Waals surface area contributed by atoms with Crippen LogP contribution < -0.4 is 5.32 Å². The molecule has 5 nitrogen and oxygen atoms in total. The van der Waals surface area contributed by atoms with Gasteiger partial charge < -0.3 is 4.74 Å². The van der Waals surface area contributed by atoms with Crippen LogP contribution >= 0.6 is 0 Å². The Morgan fingerprint density at radius 3 is 2.67 bits per heavy atom. The van der Waals surface area contributed by atoms with Crippen molar-refractivity contribution in [3.8, 4) is 0 Å². The van der Waals surface area contributed by atoms with E-state index in [0.29, 0.717) is 0 Å². The lowest BCUT2D eigenvalue weighted by molar-refractivity contribution is -0.144. The number of nitrogens with one attached hydrogen (secondary N) is 1. The molecule has 0 radical (unpaired) electrons.